The lowest BCUT2D eigenvalue weighted by Crippen LogP contribution is -2.46. The Morgan fingerprint density at radius 2 is 2.00 bits per heavy atom. The molecule has 1 fully saturated rings. The maximum absolute atomic E-state index is 2.67. The highest BCUT2D eigenvalue weighted by Gasteiger charge is 2.26. The zero-order valence-electron chi connectivity index (χ0n) is 9.01. The van der Waals surface area contributed by atoms with Crippen LogP contribution in [0.5, 0.6) is 0 Å². The molecule has 0 saturated carbocycles. The third kappa shape index (κ3) is 2.22. The average Bonchev–Trinajstić information content (AvgIpc) is 2.04. The van der Waals surface area contributed by atoms with E-state index >= 15 is 0 Å². The van der Waals surface area contributed by atoms with E-state index in [1.165, 1.54) is 25.8 Å². The van der Waals surface area contributed by atoms with Crippen molar-refractivity contribution in [3.8, 4) is 0 Å². The second kappa shape index (κ2) is 4.27. The fraction of sp³-hybridized carbons (Fsp3) is 1.00. The lowest BCUT2D eigenvalue weighted by atomic mass is 9.92. The lowest BCUT2D eigenvalue weighted by Gasteiger charge is -2.41. The summed E-state index contributed by atoms with van der Waals surface area (Å²) in [5.74, 6) is 0.912. The van der Waals surface area contributed by atoms with Crippen molar-refractivity contribution < 1.29 is 0 Å². The summed E-state index contributed by atoms with van der Waals surface area (Å²) in [6.07, 6.45) is 4.17. The average molecular weight is 169 g/mol. The molecule has 72 valence electrons. The van der Waals surface area contributed by atoms with Gasteiger partial charge in [-0.25, -0.2) is 0 Å². The minimum Gasteiger partial charge on any atom is -0.298 e. The van der Waals surface area contributed by atoms with E-state index < -0.39 is 0 Å². The van der Waals surface area contributed by atoms with Crippen LogP contribution in [0.3, 0.4) is 0 Å². The van der Waals surface area contributed by atoms with Gasteiger partial charge in [0.25, 0.3) is 0 Å². The molecule has 1 rings (SSSR count). The van der Waals surface area contributed by atoms with Gasteiger partial charge in [0.15, 0.2) is 0 Å². The number of hydrogen-bond donors (Lipinski definition) is 0. The fourth-order valence-corrected chi connectivity index (χ4v) is 2.31. The summed E-state index contributed by atoms with van der Waals surface area (Å²) in [5.41, 5.74) is 0. The SMILES string of the molecule is CCC1CCC(C)CN1C(C)C. The predicted octanol–water partition coefficient (Wildman–Crippen LogP) is 2.91. The Labute approximate surface area is 77.1 Å². The second-order valence-electron chi connectivity index (χ2n) is 4.54. The fourth-order valence-electron chi connectivity index (χ4n) is 2.31. The number of piperidine rings is 1. The van der Waals surface area contributed by atoms with Crippen molar-refractivity contribution in [1.29, 1.82) is 0 Å². The van der Waals surface area contributed by atoms with Crippen LogP contribution in [0.2, 0.25) is 0 Å². The normalized spacial score (nSPS) is 32.8. The molecule has 0 aliphatic carbocycles. The molecule has 1 aliphatic rings. The Morgan fingerprint density at radius 3 is 2.50 bits per heavy atom. The largest absolute Gasteiger partial charge is 0.298 e. The molecule has 0 aromatic heterocycles. The first-order valence-electron chi connectivity index (χ1n) is 5.40. The van der Waals surface area contributed by atoms with Crippen LogP contribution in [0.4, 0.5) is 0 Å². The molecule has 0 bridgehead atoms. The first-order valence-corrected chi connectivity index (χ1v) is 5.40. The van der Waals surface area contributed by atoms with E-state index in [-0.39, 0.29) is 0 Å². The Hall–Kier alpha value is -0.0400. The standard InChI is InChI=1S/C11H23N/c1-5-11-7-6-10(4)8-12(11)9(2)3/h9-11H,5-8H2,1-4H3. The zero-order valence-corrected chi connectivity index (χ0v) is 9.01. The molecule has 1 aliphatic heterocycles. The van der Waals surface area contributed by atoms with Gasteiger partial charge in [0.05, 0.1) is 0 Å². The Kier molecular flexibility index (Phi) is 3.57. The van der Waals surface area contributed by atoms with Crippen LogP contribution < -0.4 is 0 Å². The van der Waals surface area contributed by atoms with Crippen molar-refractivity contribution in [3.05, 3.63) is 0 Å². The highest BCUT2D eigenvalue weighted by molar-refractivity contribution is 4.80. The summed E-state index contributed by atoms with van der Waals surface area (Å²) in [4.78, 5) is 2.67. The third-order valence-electron chi connectivity index (χ3n) is 3.12. The molecule has 1 saturated heterocycles. The molecule has 0 spiro atoms. The van der Waals surface area contributed by atoms with Crippen molar-refractivity contribution in [2.75, 3.05) is 6.54 Å². The lowest BCUT2D eigenvalue weighted by molar-refractivity contribution is 0.0797. The zero-order chi connectivity index (χ0) is 9.14. The van der Waals surface area contributed by atoms with Crippen molar-refractivity contribution in [2.45, 2.75) is 59.0 Å². The number of hydrogen-bond acceptors (Lipinski definition) is 1. The number of likely N-dealkylation sites (tertiary alicyclic amines) is 1. The summed E-state index contributed by atoms with van der Waals surface area (Å²) in [5, 5.41) is 0. The van der Waals surface area contributed by atoms with Crippen LogP contribution in [0.25, 0.3) is 0 Å². The molecule has 0 N–H and O–H groups in total. The summed E-state index contributed by atoms with van der Waals surface area (Å²) >= 11 is 0. The van der Waals surface area contributed by atoms with Crippen LogP contribution in [0, 0.1) is 5.92 Å². The molecular weight excluding hydrogens is 146 g/mol. The van der Waals surface area contributed by atoms with Gasteiger partial charge in [0, 0.05) is 18.6 Å². The monoisotopic (exact) mass is 169 g/mol. The summed E-state index contributed by atoms with van der Waals surface area (Å²) < 4.78 is 0. The van der Waals surface area contributed by atoms with E-state index in [0.29, 0.717) is 0 Å². The third-order valence-corrected chi connectivity index (χ3v) is 3.12. The van der Waals surface area contributed by atoms with Gasteiger partial charge in [-0.1, -0.05) is 13.8 Å². The summed E-state index contributed by atoms with van der Waals surface area (Å²) in [6.45, 7) is 10.6. The van der Waals surface area contributed by atoms with Crippen LogP contribution in [-0.2, 0) is 0 Å². The van der Waals surface area contributed by atoms with Crippen LogP contribution in [-0.4, -0.2) is 23.5 Å². The van der Waals surface area contributed by atoms with Crippen molar-refractivity contribution in [3.63, 3.8) is 0 Å². The molecule has 2 unspecified atom stereocenters. The van der Waals surface area contributed by atoms with Crippen LogP contribution in [0.15, 0.2) is 0 Å². The van der Waals surface area contributed by atoms with Crippen LogP contribution >= 0.6 is 0 Å². The van der Waals surface area contributed by atoms with E-state index in [4.69, 9.17) is 0 Å². The smallest absolute Gasteiger partial charge is 0.00955 e. The summed E-state index contributed by atoms with van der Waals surface area (Å²) in [7, 11) is 0. The molecule has 1 nitrogen and oxygen atoms in total. The van der Waals surface area contributed by atoms with Gasteiger partial charge in [-0.3, -0.25) is 4.90 Å². The summed E-state index contributed by atoms with van der Waals surface area (Å²) in [6, 6.07) is 1.60. The Balaban J connectivity index is 2.52. The van der Waals surface area contributed by atoms with E-state index in [2.05, 4.69) is 32.6 Å². The van der Waals surface area contributed by atoms with Crippen molar-refractivity contribution in [1.82, 2.24) is 4.90 Å². The van der Waals surface area contributed by atoms with Gasteiger partial charge < -0.3 is 0 Å². The maximum atomic E-state index is 2.67. The van der Waals surface area contributed by atoms with E-state index in [1.807, 2.05) is 0 Å². The molecule has 0 amide bonds. The molecule has 0 radical (unpaired) electrons. The first-order chi connectivity index (χ1) is 5.65. The Morgan fingerprint density at radius 1 is 1.33 bits per heavy atom. The van der Waals surface area contributed by atoms with Gasteiger partial charge in [-0.15, -0.1) is 0 Å². The van der Waals surface area contributed by atoms with Gasteiger partial charge in [0.2, 0.25) is 0 Å². The van der Waals surface area contributed by atoms with Crippen molar-refractivity contribution >= 4 is 0 Å². The first kappa shape index (κ1) is 10.0. The second-order valence-corrected chi connectivity index (χ2v) is 4.54. The molecule has 2 atom stereocenters. The van der Waals surface area contributed by atoms with Crippen LogP contribution in [0.1, 0.15) is 47.0 Å². The predicted molar refractivity (Wildman–Crippen MR) is 54.3 cm³/mol. The van der Waals surface area contributed by atoms with Gasteiger partial charge in [-0.2, -0.15) is 0 Å². The van der Waals surface area contributed by atoms with Gasteiger partial charge >= 0.3 is 0 Å². The van der Waals surface area contributed by atoms with Crippen molar-refractivity contribution in [2.24, 2.45) is 5.92 Å². The minimum atomic E-state index is 0.734. The molecular formula is C11H23N. The molecule has 12 heavy (non-hydrogen) atoms. The Bertz CT molecular complexity index is 131. The molecule has 0 aromatic carbocycles. The quantitative estimate of drug-likeness (QED) is 0.614. The topological polar surface area (TPSA) is 3.24 Å². The van der Waals surface area contributed by atoms with E-state index in [9.17, 15) is 0 Å². The highest BCUT2D eigenvalue weighted by Crippen LogP contribution is 2.25. The number of rotatable bonds is 2. The van der Waals surface area contributed by atoms with E-state index in [1.54, 1.807) is 0 Å². The molecule has 1 heteroatoms. The molecule has 1 heterocycles. The van der Waals surface area contributed by atoms with E-state index in [0.717, 1.165) is 18.0 Å². The highest BCUT2D eigenvalue weighted by atomic mass is 15.2. The minimum absolute atomic E-state index is 0.734. The van der Waals surface area contributed by atoms with Gasteiger partial charge in [-0.05, 0) is 39.0 Å². The van der Waals surface area contributed by atoms with Gasteiger partial charge in [0.1, 0.15) is 0 Å². The number of nitrogens with zero attached hydrogens (tertiary/aromatic N) is 1. The molecule has 0 aromatic rings. The maximum Gasteiger partial charge on any atom is 0.00955 e.